The Kier molecular flexibility index (Phi) is 3.83. The molecule has 3 rings (SSSR count). The predicted molar refractivity (Wildman–Crippen MR) is 85.8 cm³/mol. The number of fused-ring (bicyclic) bond motifs is 1. The standard InChI is InChI=1S/C17H19NO2S/c1-3-13-14-8-11(7-10(2)16(14)18-17(13)20)15(19)9-12-5-4-6-21-12/h4-8,13,15,19H,3,9H2,1-2H3,(H,18,20). The van der Waals surface area contributed by atoms with Crippen LogP contribution in [0.2, 0.25) is 0 Å². The van der Waals surface area contributed by atoms with Gasteiger partial charge in [-0.2, -0.15) is 0 Å². The van der Waals surface area contributed by atoms with Crippen molar-refractivity contribution in [2.24, 2.45) is 0 Å². The Morgan fingerprint density at radius 2 is 2.24 bits per heavy atom. The fraction of sp³-hybridized carbons (Fsp3) is 0.353. The van der Waals surface area contributed by atoms with Gasteiger partial charge in [-0.1, -0.05) is 25.1 Å². The molecule has 4 heteroatoms. The zero-order valence-electron chi connectivity index (χ0n) is 12.2. The summed E-state index contributed by atoms with van der Waals surface area (Å²) >= 11 is 1.65. The van der Waals surface area contributed by atoms with E-state index in [1.807, 2.05) is 43.5 Å². The maximum absolute atomic E-state index is 12.0. The largest absolute Gasteiger partial charge is 0.388 e. The van der Waals surface area contributed by atoms with Gasteiger partial charge in [-0.05, 0) is 41.5 Å². The molecule has 3 nitrogen and oxygen atoms in total. The number of thiophene rings is 1. The third-order valence-electron chi connectivity index (χ3n) is 4.10. The van der Waals surface area contributed by atoms with Crippen LogP contribution in [-0.4, -0.2) is 11.0 Å². The highest BCUT2D eigenvalue weighted by molar-refractivity contribution is 7.09. The van der Waals surface area contributed by atoms with Crippen molar-refractivity contribution < 1.29 is 9.90 Å². The van der Waals surface area contributed by atoms with Gasteiger partial charge in [0.25, 0.3) is 0 Å². The number of nitrogens with one attached hydrogen (secondary N) is 1. The Morgan fingerprint density at radius 1 is 1.43 bits per heavy atom. The molecule has 0 radical (unpaired) electrons. The minimum absolute atomic E-state index is 0.0699. The lowest BCUT2D eigenvalue weighted by atomic mass is 9.92. The maximum atomic E-state index is 12.0. The third kappa shape index (κ3) is 2.61. The molecule has 0 bridgehead atoms. The summed E-state index contributed by atoms with van der Waals surface area (Å²) < 4.78 is 0. The Balaban J connectivity index is 1.93. The van der Waals surface area contributed by atoms with E-state index in [9.17, 15) is 9.90 Å². The zero-order chi connectivity index (χ0) is 15.0. The molecule has 2 unspecified atom stereocenters. The van der Waals surface area contributed by atoms with Crippen molar-refractivity contribution in [1.29, 1.82) is 0 Å². The second kappa shape index (κ2) is 5.62. The molecule has 1 aliphatic heterocycles. The van der Waals surface area contributed by atoms with Gasteiger partial charge in [-0.15, -0.1) is 11.3 Å². The molecule has 0 saturated carbocycles. The van der Waals surface area contributed by atoms with Crippen molar-refractivity contribution in [3.05, 3.63) is 51.2 Å². The number of carbonyl (C=O) groups is 1. The van der Waals surface area contributed by atoms with Crippen molar-refractivity contribution in [2.45, 2.75) is 38.7 Å². The van der Waals surface area contributed by atoms with Crippen LogP contribution in [0.3, 0.4) is 0 Å². The molecule has 1 aromatic heterocycles. The molecule has 1 amide bonds. The second-order valence-corrected chi connectivity index (χ2v) is 6.58. The molecule has 1 aromatic carbocycles. The fourth-order valence-corrected chi connectivity index (χ4v) is 3.72. The SMILES string of the molecule is CCC1C(=O)Nc2c(C)cc(C(O)Cc3cccs3)cc21. The van der Waals surface area contributed by atoms with Crippen molar-refractivity contribution in [2.75, 3.05) is 5.32 Å². The number of benzene rings is 1. The number of amides is 1. The zero-order valence-corrected chi connectivity index (χ0v) is 13.0. The van der Waals surface area contributed by atoms with Gasteiger partial charge in [0.15, 0.2) is 0 Å². The summed E-state index contributed by atoms with van der Waals surface area (Å²) in [5, 5.41) is 15.5. The molecule has 1 aliphatic rings. The van der Waals surface area contributed by atoms with Crippen LogP contribution in [0.25, 0.3) is 0 Å². The van der Waals surface area contributed by atoms with Crippen LogP contribution >= 0.6 is 11.3 Å². The first kappa shape index (κ1) is 14.3. The number of hydrogen-bond acceptors (Lipinski definition) is 3. The van der Waals surface area contributed by atoms with Crippen LogP contribution in [0.15, 0.2) is 29.6 Å². The van der Waals surface area contributed by atoms with E-state index >= 15 is 0 Å². The topological polar surface area (TPSA) is 49.3 Å². The van der Waals surface area contributed by atoms with Crippen molar-refractivity contribution in [1.82, 2.24) is 0 Å². The minimum atomic E-state index is -0.527. The van der Waals surface area contributed by atoms with Gasteiger partial charge in [-0.25, -0.2) is 0 Å². The van der Waals surface area contributed by atoms with E-state index in [1.165, 1.54) is 4.88 Å². The molecule has 110 valence electrons. The van der Waals surface area contributed by atoms with E-state index in [2.05, 4.69) is 5.32 Å². The summed E-state index contributed by atoms with van der Waals surface area (Å²) in [5.41, 5.74) is 3.88. The minimum Gasteiger partial charge on any atom is -0.388 e. The van der Waals surface area contributed by atoms with Crippen LogP contribution in [0.5, 0.6) is 0 Å². The van der Waals surface area contributed by atoms with E-state index < -0.39 is 6.10 Å². The average Bonchev–Trinajstić information content (AvgIpc) is 3.05. The summed E-state index contributed by atoms with van der Waals surface area (Å²) in [5.74, 6) is -0.0203. The third-order valence-corrected chi connectivity index (χ3v) is 4.99. The number of carbonyl (C=O) groups excluding carboxylic acids is 1. The number of rotatable bonds is 4. The first-order valence-electron chi connectivity index (χ1n) is 7.26. The summed E-state index contributed by atoms with van der Waals surface area (Å²) in [7, 11) is 0. The van der Waals surface area contributed by atoms with Gasteiger partial charge in [0.1, 0.15) is 0 Å². The van der Waals surface area contributed by atoms with Gasteiger partial charge in [0.05, 0.1) is 12.0 Å². The quantitative estimate of drug-likeness (QED) is 0.903. The highest BCUT2D eigenvalue weighted by Crippen LogP contribution is 2.39. The normalized spacial score (nSPS) is 18.4. The second-order valence-electron chi connectivity index (χ2n) is 5.55. The fourth-order valence-electron chi connectivity index (χ4n) is 2.98. The maximum Gasteiger partial charge on any atom is 0.232 e. The molecule has 2 N–H and O–H groups in total. The summed E-state index contributed by atoms with van der Waals surface area (Å²) in [6.07, 6.45) is 0.873. The van der Waals surface area contributed by atoms with E-state index in [4.69, 9.17) is 0 Å². The van der Waals surface area contributed by atoms with Gasteiger partial charge in [-0.3, -0.25) is 4.79 Å². The average molecular weight is 301 g/mol. The number of aliphatic hydroxyl groups excluding tert-OH is 1. The summed E-state index contributed by atoms with van der Waals surface area (Å²) in [6, 6.07) is 8.01. The van der Waals surface area contributed by atoms with Crippen LogP contribution < -0.4 is 5.32 Å². The first-order chi connectivity index (χ1) is 10.1. The molecule has 2 heterocycles. The number of aliphatic hydroxyl groups is 1. The number of hydrogen-bond donors (Lipinski definition) is 2. The molecular formula is C17H19NO2S. The van der Waals surface area contributed by atoms with Crippen LogP contribution in [0.1, 0.15) is 46.9 Å². The van der Waals surface area contributed by atoms with E-state index in [-0.39, 0.29) is 11.8 Å². The van der Waals surface area contributed by atoms with Gasteiger partial charge in [0, 0.05) is 17.0 Å². The van der Waals surface area contributed by atoms with Gasteiger partial charge < -0.3 is 10.4 Å². The summed E-state index contributed by atoms with van der Waals surface area (Å²) in [4.78, 5) is 13.1. The lowest BCUT2D eigenvalue weighted by Gasteiger charge is -2.15. The molecule has 0 saturated heterocycles. The lowest BCUT2D eigenvalue weighted by Crippen LogP contribution is -2.10. The van der Waals surface area contributed by atoms with Crippen molar-refractivity contribution in [3.63, 3.8) is 0 Å². The van der Waals surface area contributed by atoms with Gasteiger partial charge >= 0.3 is 0 Å². The van der Waals surface area contributed by atoms with Crippen LogP contribution in [0.4, 0.5) is 5.69 Å². The number of aryl methyl sites for hydroxylation is 1. The van der Waals surface area contributed by atoms with Crippen molar-refractivity contribution in [3.8, 4) is 0 Å². The van der Waals surface area contributed by atoms with E-state index in [1.54, 1.807) is 11.3 Å². The van der Waals surface area contributed by atoms with Gasteiger partial charge in [0.2, 0.25) is 5.91 Å². The Bertz CT molecular complexity index is 664. The monoisotopic (exact) mass is 301 g/mol. The Hall–Kier alpha value is -1.65. The number of anilines is 1. The Morgan fingerprint density at radius 3 is 2.90 bits per heavy atom. The van der Waals surface area contributed by atoms with E-state index in [0.717, 1.165) is 28.8 Å². The Labute approximate surface area is 128 Å². The predicted octanol–water partition coefficient (Wildman–Crippen LogP) is 3.78. The van der Waals surface area contributed by atoms with Crippen LogP contribution in [-0.2, 0) is 11.2 Å². The summed E-state index contributed by atoms with van der Waals surface area (Å²) in [6.45, 7) is 4.00. The molecule has 21 heavy (non-hydrogen) atoms. The molecule has 0 aliphatic carbocycles. The molecule has 0 spiro atoms. The van der Waals surface area contributed by atoms with Crippen molar-refractivity contribution >= 4 is 22.9 Å². The first-order valence-corrected chi connectivity index (χ1v) is 8.14. The smallest absolute Gasteiger partial charge is 0.232 e. The highest BCUT2D eigenvalue weighted by atomic mass is 32.1. The molecular weight excluding hydrogens is 282 g/mol. The van der Waals surface area contributed by atoms with E-state index in [0.29, 0.717) is 6.42 Å². The van der Waals surface area contributed by atoms with Crippen LogP contribution in [0, 0.1) is 6.92 Å². The molecule has 0 fully saturated rings. The molecule has 2 aromatic rings. The highest BCUT2D eigenvalue weighted by Gasteiger charge is 2.31. The molecule has 2 atom stereocenters. The lowest BCUT2D eigenvalue weighted by molar-refractivity contribution is -0.117.